The predicted octanol–water partition coefficient (Wildman–Crippen LogP) is 3.55. The van der Waals surface area contributed by atoms with Gasteiger partial charge in [0.1, 0.15) is 5.75 Å². The molecule has 1 unspecified atom stereocenters. The van der Waals surface area contributed by atoms with Crippen LogP contribution in [-0.2, 0) is 6.42 Å². The van der Waals surface area contributed by atoms with E-state index in [4.69, 9.17) is 9.26 Å². The van der Waals surface area contributed by atoms with Gasteiger partial charge in [-0.3, -0.25) is 0 Å². The number of hydrogen-bond donors (Lipinski definition) is 1. The molecule has 0 amide bonds. The third kappa shape index (κ3) is 4.98. The van der Waals surface area contributed by atoms with Crippen LogP contribution in [0.2, 0.25) is 0 Å². The second-order valence-electron chi connectivity index (χ2n) is 6.07. The number of unbranched alkanes of at least 4 members (excludes halogenated alkanes) is 2. The Morgan fingerprint density at radius 3 is 2.88 bits per heavy atom. The quantitative estimate of drug-likeness (QED) is 0.700. The summed E-state index contributed by atoms with van der Waals surface area (Å²) in [5.41, 5.74) is 0.949. The van der Waals surface area contributed by atoms with Crippen LogP contribution in [0.25, 0.3) is 11.4 Å². The average Bonchev–Trinajstić information content (AvgIpc) is 3.30. The van der Waals surface area contributed by atoms with Crippen LogP contribution < -0.4 is 10.1 Å². The molecule has 24 heavy (non-hydrogen) atoms. The van der Waals surface area contributed by atoms with Crippen molar-refractivity contribution in [2.75, 3.05) is 25.2 Å². The third-order valence-electron chi connectivity index (χ3n) is 4.25. The molecule has 2 aromatic rings. The molecular formula is C18H25N3O2S. The average molecular weight is 347 g/mol. The van der Waals surface area contributed by atoms with E-state index in [1.807, 2.05) is 24.3 Å². The second kappa shape index (κ2) is 9.08. The van der Waals surface area contributed by atoms with Crippen molar-refractivity contribution in [3.8, 4) is 17.1 Å². The largest absolute Gasteiger partial charge is 0.497 e. The number of nitrogens with zero attached hydrogens (tertiary/aromatic N) is 2. The van der Waals surface area contributed by atoms with Gasteiger partial charge in [-0.15, -0.1) is 0 Å². The van der Waals surface area contributed by atoms with Crippen LogP contribution in [-0.4, -0.2) is 41.3 Å². The monoisotopic (exact) mass is 347 g/mol. The Balaban J connectivity index is 1.36. The Hall–Kier alpha value is -1.53. The predicted molar refractivity (Wildman–Crippen MR) is 97.6 cm³/mol. The van der Waals surface area contributed by atoms with Gasteiger partial charge in [-0.2, -0.15) is 16.7 Å². The molecule has 1 aromatic heterocycles. The smallest absolute Gasteiger partial charge is 0.226 e. The molecule has 2 heterocycles. The highest BCUT2D eigenvalue weighted by Gasteiger charge is 2.13. The minimum atomic E-state index is 0.646. The van der Waals surface area contributed by atoms with Crippen molar-refractivity contribution in [1.29, 1.82) is 0 Å². The Morgan fingerprint density at radius 1 is 1.25 bits per heavy atom. The summed E-state index contributed by atoms with van der Waals surface area (Å²) < 4.78 is 10.5. The fourth-order valence-corrected chi connectivity index (χ4v) is 3.98. The molecule has 6 heteroatoms. The molecule has 0 saturated carbocycles. The maximum absolute atomic E-state index is 5.35. The molecular weight excluding hydrogens is 322 g/mol. The third-order valence-corrected chi connectivity index (χ3v) is 5.41. The van der Waals surface area contributed by atoms with Crippen molar-refractivity contribution in [3.63, 3.8) is 0 Å². The lowest BCUT2D eigenvalue weighted by molar-refractivity contribution is 0.373. The summed E-state index contributed by atoms with van der Waals surface area (Å²) in [4.78, 5) is 4.48. The Bertz CT molecular complexity index is 609. The van der Waals surface area contributed by atoms with Crippen LogP contribution in [0, 0.1) is 0 Å². The molecule has 1 aliphatic heterocycles. The van der Waals surface area contributed by atoms with Crippen LogP contribution in [0.1, 0.15) is 31.6 Å². The zero-order chi connectivity index (χ0) is 16.6. The topological polar surface area (TPSA) is 60.2 Å². The number of hydrogen-bond acceptors (Lipinski definition) is 6. The fourth-order valence-electron chi connectivity index (χ4n) is 2.79. The van der Waals surface area contributed by atoms with Gasteiger partial charge in [-0.1, -0.05) is 11.6 Å². The molecule has 1 fully saturated rings. The summed E-state index contributed by atoms with van der Waals surface area (Å²) in [6, 6.07) is 8.43. The van der Waals surface area contributed by atoms with Gasteiger partial charge in [0.05, 0.1) is 7.11 Å². The first kappa shape index (κ1) is 17.3. The van der Waals surface area contributed by atoms with E-state index in [0.29, 0.717) is 5.82 Å². The SMILES string of the molecule is COc1ccc(-c2noc(CCCCCNC3CCSC3)n2)cc1. The number of aryl methyl sites for hydroxylation is 1. The molecule has 1 N–H and O–H groups in total. The molecule has 3 rings (SSSR count). The Labute approximate surface area is 147 Å². The minimum Gasteiger partial charge on any atom is -0.497 e. The van der Waals surface area contributed by atoms with E-state index in [1.54, 1.807) is 7.11 Å². The number of methoxy groups -OCH3 is 1. The zero-order valence-corrected chi connectivity index (χ0v) is 15.0. The fraction of sp³-hybridized carbons (Fsp3) is 0.556. The van der Waals surface area contributed by atoms with Crippen molar-refractivity contribution in [1.82, 2.24) is 15.5 Å². The van der Waals surface area contributed by atoms with E-state index in [-0.39, 0.29) is 0 Å². The highest BCUT2D eigenvalue weighted by molar-refractivity contribution is 7.99. The van der Waals surface area contributed by atoms with Gasteiger partial charge in [0.15, 0.2) is 0 Å². The molecule has 0 radical (unpaired) electrons. The van der Waals surface area contributed by atoms with Gasteiger partial charge in [0.2, 0.25) is 11.7 Å². The van der Waals surface area contributed by atoms with Crippen molar-refractivity contribution >= 4 is 11.8 Å². The molecule has 1 atom stereocenters. The number of rotatable bonds is 9. The number of aromatic nitrogens is 2. The summed E-state index contributed by atoms with van der Waals surface area (Å²) in [7, 11) is 1.66. The van der Waals surface area contributed by atoms with Crippen LogP contribution in [0.15, 0.2) is 28.8 Å². The van der Waals surface area contributed by atoms with E-state index in [1.165, 1.54) is 30.8 Å². The molecule has 1 saturated heterocycles. The van der Waals surface area contributed by atoms with Crippen molar-refractivity contribution in [2.45, 2.75) is 38.1 Å². The summed E-state index contributed by atoms with van der Waals surface area (Å²) in [5.74, 6) is 4.78. The summed E-state index contributed by atoms with van der Waals surface area (Å²) in [6.45, 7) is 1.12. The molecule has 1 aromatic carbocycles. The molecule has 0 spiro atoms. The van der Waals surface area contributed by atoms with Gasteiger partial charge in [-0.05, 0) is 55.8 Å². The van der Waals surface area contributed by atoms with E-state index in [0.717, 1.165) is 42.6 Å². The number of ether oxygens (including phenoxy) is 1. The van der Waals surface area contributed by atoms with Gasteiger partial charge >= 0.3 is 0 Å². The van der Waals surface area contributed by atoms with E-state index < -0.39 is 0 Å². The highest BCUT2D eigenvalue weighted by Crippen LogP contribution is 2.20. The molecule has 5 nitrogen and oxygen atoms in total. The molecule has 0 bridgehead atoms. The van der Waals surface area contributed by atoms with Gasteiger partial charge in [-0.25, -0.2) is 0 Å². The summed E-state index contributed by atoms with van der Waals surface area (Å²) in [6.07, 6.45) is 5.66. The van der Waals surface area contributed by atoms with E-state index in [9.17, 15) is 0 Å². The van der Waals surface area contributed by atoms with Crippen molar-refractivity contribution < 1.29 is 9.26 Å². The van der Waals surface area contributed by atoms with Crippen LogP contribution >= 0.6 is 11.8 Å². The number of benzene rings is 1. The normalized spacial score (nSPS) is 17.3. The summed E-state index contributed by atoms with van der Waals surface area (Å²) >= 11 is 2.05. The lowest BCUT2D eigenvalue weighted by Gasteiger charge is -2.10. The Morgan fingerprint density at radius 2 is 2.12 bits per heavy atom. The first-order valence-electron chi connectivity index (χ1n) is 8.63. The van der Waals surface area contributed by atoms with Gasteiger partial charge in [0.25, 0.3) is 0 Å². The van der Waals surface area contributed by atoms with Crippen LogP contribution in [0.5, 0.6) is 5.75 Å². The zero-order valence-electron chi connectivity index (χ0n) is 14.2. The highest BCUT2D eigenvalue weighted by atomic mass is 32.2. The van der Waals surface area contributed by atoms with Crippen LogP contribution in [0.3, 0.4) is 0 Å². The standard InChI is InChI=1S/C18H25N3O2S/c1-22-16-8-6-14(7-9-16)18-20-17(23-21-18)5-3-2-4-11-19-15-10-12-24-13-15/h6-9,15,19H,2-5,10-13H2,1H3. The molecule has 130 valence electrons. The summed E-state index contributed by atoms with van der Waals surface area (Å²) in [5, 5.41) is 7.70. The molecule has 0 aliphatic carbocycles. The van der Waals surface area contributed by atoms with Gasteiger partial charge in [0, 0.05) is 23.8 Å². The maximum Gasteiger partial charge on any atom is 0.226 e. The first-order valence-corrected chi connectivity index (χ1v) is 9.79. The van der Waals surface area contributed by atoms with Gasteiger partial charge < -0.3 is 14.6 Å². The lowest BCUT2D eigenvalue weighted by atomic mass is 10.2. The van der Waals surface area contributed by atoms with Crippen LogP contribution in [0.4, 0.5) is 0 Å². The number of thioether (sulfide) groups is 1. The maximum atomic E-state index is 5.35. The Kier molecular flexibility index (Phi) is 6.55. The van der Waals surface area contributed by atoms with Crippen molar-refractivity contribution in [3.05, 3.63) is 30.2 Å². The lowest BCUT2D eigenvalue weighted by Crippen LogP contribution is -2.29. The minimum absolute atomic E-state index is 0.646. The first-order chi connectivity index (χ1) is 11.8. The second-order valence-corrected chi connectivity index (χ2v) is 7.22. The molecule has 1 aliphatic rings. The van der Waals surface area contributed by atoms with Crippen molar-refractivity contribution in [2.24, 2.45) is 0 Å². The van der Waals surface area contributed by atoms with E-state index >= 15 is 0 Å². The number of nitrogens with one attached hydrogen (secondary N) is 1. The van der Waals surface area contributed by atoms with E-state index in [2.05, 4.69) is 27.2 Å².